The first kappa shape index (κ1) is 121. The molecule has 0 amide bonds. The van der Waals surface area contributed by atoms with Gasteiger partial charge in [-0.1, -0.05) is 119 Å². The van der Waals surface area contributed by atoms with Crippen molar-refractivity contribution in [3.8, 4) is 0 Å². The molecule has 0 aromatic heterocycles. The van der Waals surface area contributed by atoms with Crippen LogP contribution in [0.4, 0.5) is 0 Å². The molecule has 0 bridgehead atoms. The topological polar surface area (TPSA) is 288 Å². The molecule has 0 aromatic rings. The van der Waals surface area contributed by atoms with Crippen LogP contribution >= 0.6 is 11.6 Å². The predicted octanol–water partition coefficient (Wildman–Crippen LogP) is 4.61. The number of rotatable bonds is 29. The molecule has 1 radical (unpaired) electrons. The Morgan fingerprint density at radius 2 is 0.554 bits per heavy atom. The summed E-state index contributed by atoms with van der Waals surface area (Å²) in [4.78, 5) is 0. The number of aliphatic hydroxyl groups excluding tert-OH is 8. The number of aliphatic hydroxyl groups is 8. The Balaban J connectivity index is -0.0000000332. The SMILES string of the molecule is C.C.C.C=C(C)CCl.C=C(C)CO.C=C(C)COCCO.C=C(C)COCCO.C=C(C)COCCOCC(=C)C.C=C(C)COCCOCC(=C)C.CC(C)=COCCO.O.OCCO.OCCO.[Na+].[OH-].[W].[Y]. The summed E-state index contributed by atoms with van der Waals surface area (Å²) in [6, 6.07) is 0. The fourth-order valence-electron chi connectivity index (χ4n) is 2.12. The van der Waals surface area contributed by atoms with Crippen LogP contribution in [-0.4, -0.2) is 196 Å². The van der Waals surface area contributed by atoms with Crippen LogP contribution in [0.5, 0.6) is 0 Å². The van der Waals surface area contributed by atoms with E-state index >= 15 is 0 Å². The van der Waals surface area contributed by atoms with Gasteiger partial charge in [0.05, 0.1) is 138 Å². The minimum Gasteiger partial charge on any atom is -0.870 e. The van der Waals surface area contributed by atoms with Crippen LogP contribution in [0.2, 0.25) is 0 Å². The second-order valence-corrected chi connectivity index (χ2v) is 14.7. The second kappa shape index (κ2) is 116. The van der Waals surface area contributed by atoms with Gasteiger partial charge in [0, 0.05) is 59.7 Å². The predicted molar refractivity (Wildman–Crippen MR) is 302 cm³/mol. The molecular formula is C53H114ClNaO17WY. The molecule has 17 nitrogen and oxygen atoms in total. The van der Waals surface area contributed by atoms with Crippen LogP contribution in [0.25, 0.3) is 0 Å². The van der Waals surface area contributed by atoms with Gasteiger partial charge in [0.1, 0.15) is 6.61 Å². The molecule has 0 aliphatic rings. The number of alkyl halides is 1. The van der Waals surface area contributed by atoms with Gasteiger partial charge in [0.25, 0.3) is 0 Å². The normalized spacial score (nSPS) is 7.93. The van der Waals surface area contributed by atoms with Crippen LogP contribution in [0.3, 0.4) is 0 Å². The smallest absolute Gasteiger partial charge is 0.870 e. The third-order valence-corrected chi connectivity index (χ3v) is 4.99. The van der Waals surface area contributed by atoms with E-state index in [-0.39, 0.29) is 169 Å². The van der Waals surface area contributed by atoms with Crippen molar-refractivity contribution in [2.24, 2.45) is 0 Å². The van der Waals surface area contributed by atoms with E-state index in [1.807, 2.05) is 62.3 Å². The van der Waals surface area contributed by atoms with E-state index in [0.29, 0.717) is 91.8 Å². The number of halogens is 1. The molecule has 0 aliphatic carbocycles. The molecule has 0 aliphatic heterocycles. The van der Waals surface area contributed by atoms with Crippen molar-refractivity contribution in [2.75, 3.05) is 145 Å². The molecule has 0 fully saturated rings. The molecule has 0 spiro atoms. The van der Waals surface area contributed by atoms with Crippen LogP contribution in [-0.2, 0) is 86.9 Å². The molecule has 21 heteroatoms. The zero-order chi connectivity index (χ0) is 53.4. The summed E-state index contributed by atoms with van der Waals surface area (Å²) in [5.41, 5.74) is 9.06. The Morgan fingerprint density at radius 1 is 0.378 bits per heavy atom. The van der Waals surface area contributed by atoms with Crippen molar-refractivity contribution < 1.29 is 168 Å². The molecule has 0 saturated heterocycles. The van der Waals surface area contributed by atoms with Gasteiger partial charge in [0.2, 0.25) is 0 Å². The van der Waals surface area contributed by atoms with Gasteiger partial charge in [-0.2, -0.15) is 0 Å². The fourth-order valence-corrected chi connectivity index (χ4v) is 2.12. The number of hydrogen-bond donors (Lipinski definition) is 8. The summed E-state index contributed by atoms with van der Waals surface area (Å²) in [5.74, 6) is 0.583. The number of ether oxygens (including phenoxy) is 7. The van der Waals surface area contributed by atoms with E-state index in [0.717, 1.165) is 50.2 Å². The van der Waals surface area contributed by atoms with E-state index in [4.69, 9.17) is 85.6 Å². The van der Waals surface area contributed by atoms with Crippen molar-refractivity contribution >= 4 is 11.6 Å². The maximum Gasteiger partial charge on any atom is 1.00 e. The Morgan fingerprint density at radius 3 is 0.662 bits per heavy atom. The Hall–Kier alpha value is -0.0978. The third-order valence-electron chi connectivity index (χ3n) is 4.53. The van der Waals surface area contributed by atoms with Gasteiger partial charge in [-0.15, -0.1) is 11.6 Å². The largest absolute Gasteiger partial charge is 1.00 e. The first-order chi connectivity index (χ1) is 30.9. The van der Waals surface area contributed by atoms with Crippen LogP contribution in [0.1, 0.15) is 91.5 Å². The van der Waals surface area contributed by atoms with Crippen molar-refractivity contribution in [3.05, 3.63) is 109 Å². The second-order valence-electron chi connectivity index (χ2n) is 14.4. The first-order valence-electron chi connectivity index (χ1n) is 21.2. The maximum atomic E-state index is 8.22. The van der Waals surface area contributed by atoms with E-state index < -0.39 is 0 Å². The zero-order valence-electron chi connectivity index (χ0n) is 46.0. The van der Waals surface area contributed by atoms with Crippen LogP contribution in [0.15, 0.2) is 109 Å². The van der Waals surface area contributed by atoms with Gasteiger partial charge < -0.3 is 85.0 Å². The number of allylic oxidation sites excluding steroid dienone is 2. The average molecular weight is 1350 g/mol. The quantitative estimate of drug-likeness (QED) is 0.0167. The van der Waals surface area contributed by atoms with Crippen molar-refractivity contribution in [1.29, 1.82) is 0 Å². The standard InChI is InChI=1S/2C10H18O2.3C6H12O2.C4H7Cl.C4H8O.2C2H6O2.3CH4.Na.2H2O.W.Y/c2*1-9(2)7-11-5-6-12-8-10(3)4;3*1-6(2)5-8-4-3-7;2*1-4(2)3-5;2*3-1-2-4;;;;;;;;/h2*1,3,5-8H2,2,4H3;5,7H,3-4H2,1-2H3;2*7H,1,3-5H2,2H3;1,3H2,2H3;5H,1,3H2,2H3;2*3-4H,1-2H2;3*1H4;;2*1H2;;/q;;;;;;;;;;;;+1;;;;/p-1. The Bertz CT molecular complexity index is 1020. The summed E-state index contributed by atoms with van der Waals surface area (Å²) >= 11 is 5.24. The van der Waals surface area contributed by atoms with Gasteiger partial charge in [0.15, 0.2) is 0 Å². The molecule has 74 heavy (non-hydrogen) atoms. The van der Waals surface area contributed by atoms with Gasteiger partial charge in [-0.3, -0.25) is 0 Å². The summed E-state index contributed by atoms with van der Waals surface area (Å²) in [7, 11) is 0. The summed E-state index contributed by atoms with van der Waals surface area (Å²) in [6.45, 7) is 55.4. The van der Waals surface area contributed by atoms with Crippen molar-refractivity contribution in [2.45, 2.75) is 91.5 Å². The zero-order valence-corrected chi connectivity index (χ0v) is 54.6. The first-order valence-corrected chi connectivity index (χ1v) is 21.8. The third kappa shape index (κ3) is 239. The molecule has 0 rings (SSSR count). The minimum atomic E-state index is -0.125. The molecule has 0 heterocycles. The monoisotopic (exact) mass is 1350 g/mol. The van der Waals surface area contributed by atoms with Crippen LogP contribution < -0.4 is 29.6 Å². The van der Waals surface area contributed by atoms with E-state index in [9.17, 15) is 0 Å². The molecule has 0 aromatic carbocycles. The average Bonchev–Trinajstić information content (AvgIpc) is 3.24. The summed E-state index contributed by atoms with van der Waals surface area (Å²) in [5, 5.41) is 63.2. The van der Waals surface area contributed by atoms with E-state index in [1.54, 1.807) is 13.2 Å². The minimum absolute atomic E-state index is 0. The fraction of sp³-hybridized carbons (Fsp3) is 0.660. The molecule has 445 valence electrons. The molecule has 0 atom stereocenters. The van der Waals surface area contributed by atoms with Crippen molar-refractivity contribution in [1.82, 2.24) is 0 Å². The van der Waals surface area contributed by atoms with E-state index in [1.165, 1.54) is 0 Å². The molecule has 11 N–H and O–H groups in total. The Kier molecular flexibility index (Phi) is 191. The van der Waals surface area contributed by atoms with Crippen LogP contribution in [0, 0.1) is 0 Å². The van der Waals surface area contributed by atoms with Gasteiger partial charge in [-0.05, 0) is 74.8 Å². The van der Waals surface area contributed by atoms with Gasteiger partial charge in [-0.25, -0.2) is 0 Å². The van der Waals surface area contributed by atoms with E-state index in [2.05, 4.69) is 52.6 Å². The van der Waals surface area contributed by atoms with Crippen molar-refractivity contribution in [3.63, 3.8) is 0 Å². The molecule has 0 saturated carbocycles. The number of hydrogen-bond acceptors (Lipinski definition) is 16. The summed E-state index contributed by atoms with van der Waals surface area (Å²) in [6.07, 6.45) is 1.64. The molecular weight excluding hydrogens is 1240 g/mol. The maximum absolute atomic E-state index is 8.22. The molecule has 0 unspecified atom stereocenters. The Labute approximate surface area is 520 Å². The van der Waals surface area contributed by atoms with Gasteiger partial charge >= 0.3 is 29.6 Å². The summed E-state index contributed by atoms with van der Waals surface area (Å²) < 4.78 is 35.5.